The van der Waals surface area contributed by atoms with Crippen LogP contribution in [0.1, 0.15) is 5.56 Å². The number of fused-ring (bicyclic) bond motifs is 1. The molecule has 1 unspecified atom stereocenters. The molecule has 0 aliphatic rings. The fourth-order valence-electron chi connectivity index (χ4n) is 1.37. The number of aromatic nitrogens is 1. The summed E-state index contributed by atoms with van der Waals surface area (Å²) >= 11 is 1.50. The van der Waals surface area contributed by atoms with Gasteiger partial charge in [0, 0.05) is 0 Å². The van der Waals surface area contributed by atoms with E-state index in [1.807, 2.05) is 24.3 Å². The molecule has 0 radical (unpaired) electrons. The van der Waals surface area contributed by atoms with Crippen molar-refractivity contribution in [2.24, 2.45) is 5.16 Å². The van der Waals surface area contributed by atoms with Gasteiger partial charge in [-0.25, -0.2) is 0 Å². The van der Waals surface area contributed by atoms with E-state index < -0.39 is 0 Å². The Morgan fingerprint density at radius 1 is 1.36 bits per heavy atom. The van der Waals surface area contributed by atoms with Crippen LogP contribution < -0.4 is 4.35 Å². The molecule has 2 aromatic rings. The summed E-state index contributed by atoms with van der Waals surface area (Å²) in [5, 5.41) is 12.6. The molecule has 3 nitrogen and oxygen atoms in total. The van der Waals surface area contributed by atoms with Gasteiger partial charge in [-0.15, -0.1) is 0 Å². The standard InChI is InChI=1S/C10H9AsN2O/c11-10-7(6-13-14)3-4-9-8(10)2-1-5-12-9/h1-6,14H,11H2/b13-6+. The van der Waals surface area contributed by atoms with Crippen LogP contribution in [0, 0.1) is 0 Å². The molecule has 1 atom stereocenters. The van der Waals surface area contributed by atoms with Crippen LogP contribution in [0.5, 0.6) is 0 Å². The number of hydrogen-bond acceptors (Lipinski definition) is 3. The first-order valence-electron chi connectivity index (χ1n) is 4.13. The van der Waals surface area contributed by atoms with Gasteiger partial charge in [0.15, 0.2) is 0 Å². The minimum absolute atomic E-state index is 0.938. The van der Waals surface area contributed by atoms with Crippen molar-refractivity contribution in [1.82, 2.24) is 4.98 Å². The average molecular weight is 248 g/mol. The third kappa shape index (κ3) is 1.51. The molecular formula is C10H9AsN2O. The van der Waals surface area contributed by atoms with E-state index in [4.69, 9.17) is 5.21 Å². The summed E-state index contributed by atoms with van der Waals surface area (Å²) in [4.78, 5) is 4.25. The molecule has 0 saturated heterocycles. The maximum atomic E-state index is 8.48. The molecule has 70 valence electrons. The number of rotatable bonds is 1. The monoisotopic (exact) mass is 248 g/mol. The second-order valence-corrected chi connectivity index (χ2v) is 4.09. The molecule has 0 aliphatic heterocycles. The number of oxime groups is 1. The Kier molecular flexibility index (Phi) is 2.51. The third-order valence-corrected chi connectivity index (χ3v) is 3.41. The quantitative estimate of drug-likeness (QED) is 0.341. The van der Waals surface area contributed by atoms with Crippen molar-refractivity contribution in [1.29, 1.82) is 0 Å². The average Bonchev–Trinajstić information content (AvgIpc) is 2.23. The Morgan fingerprint density at radius 3 is 3.00 bits per heavy atom. The Morgan fingerprint density at radius 2 is 2.21 bits per heavy atom. The van der Waals surface area contributed by atoms with Crippen molar-refractivity contribution >= 4 is 38.3 Å². The number of pyridine rings is 1. The van der Waals surface area contributed by atoms with E-state index >= 15 is 0 Å². The van der Waals surface area contributed by atoms with Gasteiger partial charge >= 0.3 is 89.7 Å². The summed E-state index contributed by atoms with van der Waals surface area (Å²) in [6, 6.07) is 7.76. The Hall–Kier alpha value is -1.34. The second kappa shape index (κ2) is 3.80. The molecule has 1 N–H and O–H groups in total. The zero-order chi connectivity index (χ0) is 9.97. The second-order valence-electron chi connectivity index (χ2n) is 2.88. The number of hydrogen-bond donors (Lipinski definition) is 1. The van der Waals surface area contributed by atoms with Gasteiger partial charge < -0.3 is 0 Å². The van der Waals surface area contributed by atoms with E-state index in [9.17, 15) is 0 Å². The van der Waals surface area contributed by atoms with Gasteiger partial charge in [-0.05, 0) is 0 Å². The van der Waals surface area contributed by atoms with E-state index in [0.717, 1.165) is 20.8 Å². The van der Waals surface area contributed by atoms with Crippen LogP contribution in [-0.4, -0.2) is 33.3 Å². The van der Waals surface area contributed by atoms with Crippen LogP contribution >= 0.6 is 0 Å². The van der Waals surface area contributed by atoms with E-state index in [1.54, 1.807) is 6.20 Å². The van der Waals surface area contributed by atoms with Crippen LogP contribution in [0.2, 0.25) is 0 Å². The summed E-state index contributed by atoms with van der Waals surface area (Å²) in [5.74, 6) is 0. The summed E-state index contributed by atoms with van der Waals surface area (Å²) in [5.41, 5.74) is 1.91. The van der Waals surface area contributed by atoms with Crippen molar-refractivity contribution in [3.8, 4) is 0 Å². The fraction of sp³-hybridized carbons (Fsp3) is 0. The predicted octanol–water partition coefficient (Wildman–Crippen LogP) is 0.301. The molecule has 1 heterocycles. The van der Waals surface area contributed by atoms with Gasteiger partial charge in [0.1, 0.15) is 0 Å². The summed E-state index contributed by atoms with van der Waals surface area (Å²) < 4.78 is 1.14. The summed E-state index contributed by atoms with van der Waals surface area (Å²) in [6.45, 7) is 0. The zero-order valence-corrected chi connectivity index (χ0v) is 9.81. The van der Waals surface area contributed by atoms with E-state index in [1.165, 1.54) is 23.1 Å². The van der Waals surface area contributed by atoms with Crippen molar-refractivity contribution in [2.45, 2.75) is 0 Å². The molecule has 14 heavy (non-hydrogen) atoms. The van der Waals surface area contributed by atoms with Crippen LogP contribution in [0.4, 0.5) is 0 Å². The third-order valence-electron chi connectivity index (χ3n) is 2.06. The molecule has 2 rings (SSSR count). The molecule has 1 aromatic carbocycles. The Balaban J connectivity index is 2.75. The van der Waals surface area contributed by atoms with E-state index in [0.29, 0.717) is 0 Å². The number of benzene rings is 1. The van der Waals surface area contributed by atoms with Crippen molar-refractivity contribution in [3.05, 3.63) is 36.0 Å². The molecule has 0 bridgehead atoms. The normalized spacial score (nSPS) is 11.2. The van der Waals surface area contributed by atoms with Gasteiger partial charge in [-0.3, -0.25) is 0 Å². The van der Waals surface area contributed by atoms with Gasteiger partial charge in [-0.1, -0.05) is 0 Å². The molecule has 0 amide bonds. The summed E-state index contributed by atoms with van der Waals surface area (Å²) in [7, 11) is 0. The predicted molar refractivity (Wildman–Crippen MR) is 59.3 cm³/mol. The van der Waals surface area contributed by atoms with E-state index in [-0.39, 0.29) is 0 Å². The van der Waals surface area contributed by atoms with Crippen molar-refractivity contribution in [2.75, 3.05) is 0 Å². The minimum atomic E-state index is 0.938. The fourth-order valence-corrected chi connectivity index (χ4v) is 2.24. The first-order valence-corrected chi connectivity index (χ1v) is 5.34. The SMILES string of the molecule is O/N=C/c1ccc2ncccc2c1[AsH2]. The molecule has 0 aliphatic carbocycles. The molecule has 0 spiro atoms. The summed E-state index contributed by atoms with van der Waals surface area (Å²) in [6.07, 6.45) is 3.22. The number of nitrogens with zero attached hydrogens (tertiary/aromatic N) is 2. The molecular weight excluding hydrogens is 239 g/mol. The van der Waals surface area contributed by atoms with Crippen LogP contribution in [0.25, 0.3) is 10.9 Å². The van der Waals surface area contributed by atoms with Crippen LogP contribution in [0.3, 0.4) is 0 Å². The van der Waals surface area contributed by atoms with Crippen molar-refractivity contribution in [3.63, 3.8) is 0 Å². The molecule has 0 saturated carbocycles. The van der Waals surface area contributed by atoms with Gasteiger partial charge in [-0.2, -0.15) is 0 Å². The zero-order valence-electron chi connectivity index (χ0n) is 7.38. The van der Waals surface area contributed by atoms with Gasteiger partial charge in [0.25, 0.3) is 0 Å². The first kappa shape index (κ1) is 9.22. The topological polar surface area (TPSA) is 45.5 Å². The van der Waals surface area contributed by atoms with Gasteiger partial charge in [0.2, 0.25) is 0 Å². The van der Waals surface area contributed by atoms with Gasteiger partial charge in [0.05, 0.1) is 0 Å². The Bertz CT molecular complexity index is 496. The maximum absolute atomic E-state index is 8.48. The Labute approximate surface area is 90.0 Å². The molecule has 4 heteroatoms. The van der Waals surface area contributed by atoms with E-state index in [2.05, 4.69) is 10.1 Å². The molecule has 0 fully saturated rings. The van der Waals surface area contributed by atoms with Crippen LogP contribution in [0.15, 0.2) is 35.6 Å². The van der Waals surface area contributed by atoms with Crippen LogP contribution in [-0.2, 0) is 0 Å². The molecule has 1 aromatic heterocycles. The van der Waals surface area contributed by atoms with Crippen molar-refractivity contribution < 1.29 is 5.21 Å². The first-order chi connectivity index (χ1) is 6.83.